The van der Waals surface area contributed by atoms with Gasteiger partial charge in [-0.05, 0) is 37.8 Å². The van der Waals surface area contributed by atoms with Gasteiger partial charge in [-0.3, -0.25) is 0 Å². The molecule has 3 aliphatic heterocycles. The monoisotopic (exact) mass is 444 g/mol. The highest BCUT2D eigenvalue weighted by Crippen LogP contribution is 2.50. The van der Waals surface area contributed by atoms with Crippen LogP contribution in [-0.2, 0) is 28.4 Å². The Hall–Kier alpha value is -1.51. The molecule has 2 aliphatic carbocycles. The lowest BCUT2D eigenvalue weighted by molar-refractivity contribution is -0.254. The molecule has 0 unspecified atom stereocenters. The second-order valence-electron chi connectivity index (χ2n) is 9.82. The Morgan fingerprint density at radius 1 is 0.781 bits per heavy atom. The Morgan fingerprint density at radius 2 is 1.38 bits per heavy atom. The van der Waals surface area contributed by atoms with Gasteiger partial charge in [-0.15, -0.1) is 0 Å². The van der Waals surface area contributed by atoms with E-state index in [4.69, 9.17) is 28.4 Å². The molecular formula is C25H32O7. The van der Waals surface area contributed by atoms with Gasteiger partial charge >= 0.3 is 5.97 Å². The number of carbonyl (C=O) groups is 1. The Labute approximate surface area is 188 Å². The molecule has 0 amide bonds. The first-order valence-corrected chi connectivity index (χ1v) is 12.2. The van der Waals surface area contributed by atoms with Crippen LogP contribution in [0.1, 0.15) is 74.6 Å². The van der Waals surface area contributed by atoms with E-state index in [1.54, 1.807) is 12.1 Å². The Balaban J connectivity index is 1.21. The lowest BCUT2D eigenvalue weighted by Crippen LogP contribution is -2.56. The van der Waals surface area contributed by atoms with E-state index in [-0.39, 0.29) is 30.9 Å². The SMILES string of the molecule is O=C(OC[C@H]1O[C@@H]2OC3(CCCCC3)O[C@@H]2[C@@H]2OC3(CCCCC3)O[C@@H]21)c1ccccc1. The number of carbonyl (C=O) groups excluding carboxylic acids is 1. The minimum atomic E-state index is -0.584. The van der Waals surface area contributed by atoms with Gasteiger partial charge in [-0.2, -0.15) is 0 Å². The molecule has 2 spiro atoms. The molecule has 7 heteroatoms. The third-order valence-electron chi connectivity index (χ3n) is 7.59. The first-order valence-electron chi connectivity index (χ1n) is 12.2. The molecule has 32 heavy (non-hydrogen) atoms. The summed E-state index contributed by atoms with van der Waals surface area (Å²) in [5.74, 6) is -1.54. The van der Waals surface area contributed by atoms with Crippen molar-refractivity contribution in [3.63, 3.8) is 0 Å². The standard InChI is InChI=1S/C25H32O7/c26-22(17-10-4-1-5-11-17)27-16-18-19-20(30-24(29-19)12-6-2-7-13-24)21-23(28-18)32-25(31-21)14-8-3-9-15-25/h1,4-5,10-11,18-21,23H,2-3,6-9,12-16H2/t18-,19-,20-,21-,23-/m1/s1. The maximum absolute atomic E-state index is 12.5. The van der Waals surface area contributed by atoms with Gasteiger partial charge in [0.1, 0.15) is 31.0 Å². The third-order valence-corrected chi connectivity index (χ3v) is 7.59. The molecule has 5 fully saturated rings. The van der Waals surface area contributed by atoms with Crippen LogP contribution in [0.15, 0.2) is 30.3 Å². The van der Waals surface area contributed by atoms with Crippen LogP contribution in [0, 0.1) is 0 Å². The van der Waals surface area contributed by atoms with Crippen molar-refractivity contribution >= 4 is 5.97 Å². The summed E-state index contributed by atoms with van der Waals surface area (Å²) in [4.78, 5) is 12.5. The zero-order valence-electron chi connectivity index (χ0n) is 18.4. The van der Waals surface area contributed by atoms with Crippen LogP contribution in [0.3, 0.4) is 0 Å². The minimum absolute atomic E-state index is 0.0912. The molecule has 0 bridgehead atoms. The quantitative estimate of drug-likeness (QED) is 0.650. The summed E-state index contributed by atoms with van der Waals surface area (Å²) in [5.41, 5.74) is 0.520. The summed E-state index contributed by atoms with van der Waals surface area (Å²) in [5, 5.41) is 0. The highest BCUT2D eigenvalue weighted by atomic mass is 16.9. The lowest BCUT2D eigenvalue weighted by Gasteiger charge is -2.36. The molecule has 0 radical (unpaired) electrons. The summed E-state index contributed by atoms with van der Waals surface area (Å²) >= 11 is 0. The number of hydrogen-bond acceptors (Lipinski definition) is 7. The molecule has 5 aliphatic rings. The molecule has 174 valence electrons. The Kier molecular flexibility index (Phi) is 5.50. The number of esters is 1. The van der Waals surface area contributed by atoms with Gasteiger partial charge in [-0.1, -0.05) is 31.0 Å². The van der Waals surface area contributed by atoms with Gasteiger partial charge in [-0.25, -0.2) is 4.79 Å². The van der Waals surface area contributed by atoms with Gasteiger partial charge in [0.25, 0.3) is 0 Å². The summed E-state index contributed by atoms with van der Waals surface area (Å²) in [7, 11) is 0. The van der Waals surface area contributed by atoms with E-state index in [9.17, 15) is 4.79 Å². The second kappa shape index (κ2) is 8.37. The van der Waals surface area contributed by atoms with Crippen LogP contribution in [0.4, 0.5) is 0 Å². The fraction of sp³-hybridized carbons (Fsp3) is 0.720. The van der Waals surface area contributed by atoms with Crippen molar-refractivity contribution in [2.24, 2.45) is 0 Å². The molecule has 3 saturated heterocycles. The number of hydrogen-bond donors (Lipinski definition) is 0. The van der Waals surface area contributed by atoms with Crippen LogP contribution < -0.4 is 0 Å². The van der Waals surface area contributed by atoms with E-state index in [1.807, 2.05) is 18.2 Å². The molecule has 0 N–H and O–H groups in total. The van der Waals surface area contributed by atoms with Crippen LogP contribution in [0.2, 0.25) is 0 Å². The first kappa shape index (κ1) is 21.1. The molecule has 0 aromatic heterocycles. The summed E-state index contributed by atoms with van der Waals surface area (Å²) in [6.07, 6.45) is 8.32. The van der Waals surface area contributed by atoms with Crippen molar-refractivity contribution in [1.29, 1.82) is 0 Å². The summed E-state index contributed by atoms with van der Waals surface area (Å²) < 4.78 is 38.1. The fourth-order valence-corrected chi connectivity index (χ4v) is 5.99. The van der Waals surface area contributed by atoms with E-state index >= 15 is 0 Å². The van der Waals surface area contributed by atoms with Gasteiger partial charge in [0.15, 0.2) is 17.9 Å². The molecule has 5 atom stereocenters. The molecule has 1 aromatic rings. The lowest BCUT2D eigenvalue weighted by atomic mass is 9.94. The molecular weight excluding hydrogens is 412 g/mol. The Morgan fingerprint density at radius 3 is 2.06 bits per heavy atom. The van der Waals surface area contributed by atoms with Gasteiger partial charge < -0.3 is 28.4 Å². The van der Waals surface area contributed by atoms with Crippen LogP contribution in [0.25, 0.3) is 0 Å². The summed E-state index contributed by atoms with van der Waals surface area (Å²) in [6.45, 7) is 0.0912. The van der Waals surface area contributed by atoms with Crippen LogP contribution in [-0.4, -0.2) is 54.9 Å². The number of ether oxygens (including phenoxy) is 6. The van der Waals surface area contributed by atoms with Crippen molar-refractivity contribution in [3.8, 4) is 0 Å². The molecule has 6 rings (SSSR count). The third kappa shape index (κ3) is 3.78. The maximum Gasteiger partial charge on any atom is 0.338 e. The van der Waals surface area contributed by atoms with Crippen molar-refractivity contribution in [2.75, 3.05) is 6.61 Å². The topological polar surface area (TPSA) is 72.5 Å². The molecule has 1 aromatic carbocycles. The average Bonchev–Trinajstić information content (AvgIpc) is 3.37. The largest absolute Gasteiger partial charge is 0.459 e. The Bertz CT molecular complexity index is 815. The summed E-state index contributed by atoms with van der Waals surface area (Å²) in [6, 6.07) is 9.01. The highest BCUT2D eigenvalue weighted by Gasteiger charge is 2.64. The van der Waals surface area contributed by atoms with Crippen LogP contribution >= 0.6 is 0 Å². The molecule has 7 nitrogen and oxygen atoms in total. The van der Waals surface area contributed by atoms with Crippen LogP contribution in [0.5, 0.6) is 0 Å². The van der Waals surface area contributed by atoms with E-state index in [0.717, 1.165) is 51.4 Å². The van der Waals surface area contributed by atoms with E-state index in [0.29, 0.717) is 5.56 Å². The number of fused-ring (bicyclic) bond motifs is 3. The van der Waals surface area contributed by atoms with E-state index in [1.165, 1.54) is 12.8 Å². The van der Waals surface area contributed by atoms with Crippen molar-refractivity contribution in [2.45, 2.75) is 106 Å². The van der Waals surface area contributed by atoms with Gasteiger partial charge in [0, 0.05) is 25.7 Å². The number of rotatable bonds is 3. The second-order valence-corrected chi connectivity index (χ2v) is 9.82. The molecule has 2 saturated carbocycles. The smallest absolute Gasteiger partial charge is 0.338 e. The zero-order chi connectivity index (χ0) is 21.6. The van der Waals surface area contributed by atoms with Crippen molar-refractivity contribution < 1.29 is 33.2 Å². The predicted octanol–water partition coefficient (Wildman–Crippen LogP) is 4.09. The first-order chi connectivity index (χ1) is 15.7. The van der Waals surface area contributed by atoms with Crippen molar-refractivity contribution in [1.82, 2.24) is 0 Å². The normalized spacial score (nSPS) is 37.2. The minimum Gasteiger partial charge on any atom is -0.459 e. The van der Waals surface area contributed by atoms with Gasteiger partial charge in [0.05, 0.1) is 5.56 Å². The molecule has 3 heterocycles. The average molecular weight is 445 g/mol. The predicted molar refractivity (Wildman–Crippen MR) is 113 cm³/mol. The highest BCUT2D eigenvalue weighted by molar-refractivity contribution is 5.89. The number of benzene rings is 1. The zero-order valence-corrected chi connectivity index (χ0v) is 18.4. The van der Waals surface area contributed by atoms with E-state index in [2.05, 4.69) is 0 Å². The fourth-order valence-electron chi connectivity index (χ4n) is 5.99. The van der Waals surface area contributed by atoms with Gasteiger partial charge in [0.2, 0.25) is 0 Å². The maximum atomic E-state index is 12.5. The van der Waals surface area contributed by atoms with E-state index < -0.39 is 24.0 Å². The van der Waals surface area contributed by atoms with Crippen molar-refractivity contribution in [3.05, 3.63) is 35.9 Å².